The Balaban J connectivity index is 2.20. The van der Waals surface area contributed by atoms with E-state index in [9.17, 15) is 4.79 Å². The first-order valence-electron chi connectivity index (χ1n) is 6.50. The Labute approximate surface area is 118 Å². The number of carboxylic acids is 1. The van der Waals surface area contributed by atoms with Gasteiger partial charge in [-0.05, 0) is 49.6 Å². The highest BCUT2D eigenvalue weighted by Gasteiger charge is 2.08. The van der Waals surface area contributed by atoms with Gasteiger partial charge in [0.15, 0.2) is 0 Å². The van der Waals surface area contributed by atoms with Crippen LogP contribution >= 0.6 is 0 Å². The molecule has 0 saturated carbocycles. The molecule has 0 aromatic heterocycles. The van der Waals surface area contributed by atoms with Crippen molar-refractivity contribution in [1.82, 2.24) is 0 Å². The standard InChI is InChI=1S/C17H18O3/c1-11-4-5-12(2)15(8-11)10-20-16-9-14(17(18)19)7-6-13(16)3/h4-9H,10H2,1-3H3,(H,18,19). The van der Waals surface area contributed by atoms with Crippen LogP contribution in [-0.4, -0.2) is 11.1 Å². The molecular weight excluding hydrogens is 252 g/mol. The maximum Gasteiger partial charge on any atom is 0.335 e. The molecule has 2 rings (SSSR count). The van der Waals surface area contributed by atoms with E-state index in [-0.39, 0.29) is 5.56 Å². The third kappa shape index (κ3) is 3.18. The first kappa shape index (κ1) is 14.1. The van der Waals surface area contributed by atoms with E-state index in [1.807, 2.05) is 20.8 Å². The molecule has 0 fully saturated rings. The summed E-state index contributed by atoms with van der Waals surface area (Å²) in [7, 11) is 0. The highest BCUT2D eigenvalue weighted by atomic mass is 16.5. The van der Waals surface area contributed by atoms with Crippen LogP contribution in [0.2, 0.25) is 0 Å². The first-order chi connectivity index (χ1) is 9.47. The lowest BCUT2D eigenvalue weighted by Crippen LogP contribution is -2.02. The lowest BCUT2D eigenvalue weighted by Gasteiger charge is -2.12. The number of rotatable bonds is 4. The zero-order chi connectivity index (χ0) is 14.7. The summed E-state index contributed by atoms with van der Waals surface area (Å²) in [6, 6.07) is 11.1. The van der Waals surface area contributed by atoms with Gasteiger partial charge >= 0.3 is 5.97 Å². The number of hydrogen-bond acceptors (Lipinski definition) is 2. The maximum atomic E-state index is 11.0. The minimum Gasteiger partial charge on any atom is -0.489 e. The van der Waals surface area contributed by atoms with Crippen molar-refractivity contribution in [2.75, 3.05) is 0 Å². The molecule has 0 aliphatic carbocycles. The molecule has 1 N–H and O–H groups in total. The van der Waals surface area contributed by atoms with Gasteiger partial charge in [-0.15, -0.1) is 0 Å². The smallest absolute Gasteiger partial charge is 0.335 e. The fraction of sp³-hybridized carbons (Fsp3) is 0.235. The molecule has 0 atom stereocenters. The molecule has 0 amide bonds. The van der Waals surface area contributed by atoms with E-state index in [1.165, 1.54) is 11.1 Å². The Hall–Kier alpha value is -2.29. The molecule has 0 radical (unpaired) electrons. The number of carboxylic acid groups (broad SMARTS) is 1. The van der Waals surface area contributed by atoms with E-state index >= 15 is 0 Å². The first-order valence-corrected chi connectivity index (χ1v) is 6.50. The Kier molecular flexibility index (Phi) is 4.08. The summed E-state index contributed by atoms with van der Waals surface area (Å²) in [5.41, 5.74) is 4.64. The largest absolute Gasteiger partial charge is 0.489 e. The molecule has 0 unspecified atom stereocenters. The van der Waals surface area contributed by atoms with Crippen LogP contribution in [0.5, 0.6) is 5.75 Å². The molecule has 0 spiro atoms. The fourth-order valence-corrected chi connectivity index (χ4v) is 2.00. The molecule has 3 heteroatoms. The van der Waals surface area contributed by atoms with Crippen molar-refractivity contribution in [3.05, 3.63) is 64.2 Å². The Morgan fingerprint density at radius 3 is 2.45 bits per heavy atom. The summed E-state index contributed by atoms with van der Waals surface area (Å²) in [4.78, 5) is 11.0. The topological polar surface area (TPSA) is 46.5 Å². The molecule has 3 nitrogen and oxygen atoms in total. The zero-order valence-electron chi connectivity index (χ0n) is 11.9. The van der Waals surface area contributed by atoms with Crippen molar-refractivity contribution >= 4 is 5.97 Å². The summed E-state index contributed by atoms with van der Waals surface area (Å²) >= 11 is 0. The second-order valence-corrected chi connectivity index (χ2v) is 5.00. The van der Waals surface area contributed by atoms with Crippen LogP contribution in [0.3, 0.4) is 0 Å². The third-order valence-corrected chi connectivity index (χ3v) is 3.32. The van der Waals surface area contributed by atoms with Gasteiger partial charge < -0.3 is 9.84 Å². The van der Waals surface area contributed by atoms with Crippen molar-refractivity contribution in [2.24, 2.45) is 0 Å². The number of benzene rings is 2. The highest BCUT2D eigenvalue weighted by molar-refractivity contribution is 5.88. The van der Waals surface area contributed by atoms with Crippen molar-refractivity contribution in [3.8, 4) is 5.75 Å². The van der Waals surface area contributed by atoms with E-state index in [4.69, 9.17) is 9.84 Å². The van der Waals surface area contributed by atoms with Gasteiger partial charge in [-0.3, -0.25) is 0 Å². The molecule has 2 aromatic carbocycles. The van der Waals surface area contributed by atoms with Gasteiger partial charge in [0.05, 0.1) is 5.56 Å². The summed E-state index contributed by atoms with van der Waals surface area (Å²) in [5, 5.41) is 9.01. The van der Waals surface area contributed by atoms with Gasteiger partial charge in [-0.25, -0.2) is 4.79 Å². The van der Waals surface area contributed by atoms with Gasteiger partial charge in [0, 0.05) is 0 Å². The number of aryl methyl sites for hydroxylation is 3. The van der Waals surface area contributed by atoms with Crippen LogP contribution in [0.15, 0.2) is 36.4 Å². The Morgan fingerprint density at radius 2 is 1.75 bits per heavy atom. The molecule has 0 bridgehead atoms. The highest BCUT2D eigenvalue weighted by Crippen LogP contribution is 2.22. The summed E-state index contributed by atoms with van der Waals surface area (Å²) in [6.45, 7) is 6.43. The lowest BCUT2D eigenvalue weighted by molar-refractivity contribution is 0.0696. The molecule has 0 heterocycles. The Morgan fingerprint density at radius 1 is 1.05 bits per heavy atom. The quantitative estimate of drug-likeness (QED) is 0.916. The second-order valence-electron chi connectivity index (χ2n) is 5.00. The van der Waals surface area contributed by atoms with E-state index in [0.29, 0.717) is 12.4 Å². The fourth-order valence-electron chi connectivity index (χ4n) is 2.00. The SMILES string of the molecule is Cc1ccc(C)c(COc2cc(C(=O)O)ccc2C)c1. The number of carbonyl (C=O) groups is 1. The zero-order valence-corrected chi connectivity index (χ0v) is 11.9. The van der Waals surface area contributed by atoms with E-state index in [2.05, 4.69) is 18.2 Å². The molecule has 0 aliphatic rings. The normalized spacial score (nSPS) is 10.3. The van der Waals surface area contributed by atoms with Gasteiger partial charge in [-0.2, -0.15) is 0 Å². The van der Waals surface area contributed by atoms with Crippen molar-refractivity contribution in [3.63, 3.8) is 0 Å². The van der Waals surface area contributed by atoms with Crippen LogP contribution in [0, 0.1) is 20.8 Å². The van der Waals surface area contributed by atoms with Crippen molar-refractivity contribution < 1.29 is 14.6 Å². The lowest BCUT2D eigenvalue weighted by atomic mass is 10.1. The van der Waals surface area contributed by atoms with Crippen molar-refractivity contribution in [1.29, 1.82) is 0 Å². The van der Waals surface area contributed by atoms with Crippen LogP contribution in [0.1, 0.15) is 32.6 Å². The van der Waals surface area contributed by atoms with Crippen LogP contribution < -0.4 is 4.74 Å². The average molecular weight is 270 g/mol. The molecule has 0 saturated heterocycles. The van der Waals surface area contributed by atoms with Gasteiger partial charge in [-0.1, -0.05) is 29.8 Å². The minimum absolute atomic E-state index is 0.242. The van der Waals surface area contributed by atoms with Gasteiger partial charge in [0.25, 0.3) is 0 Å². The van der Waals surface area contributed by atoms with E-state index in [1.54, 1.807) is 18.2 Å². The maximum absolute atomic E-state index is 11.0. The average Bonchev–Trinajstić information content (AvgIpc) is 2.41. The molecular formula is C17H18O3. The number of aromatic carboxylic acids is 1. The molecule has 104 valence electrons. The monoisotopic (exact) mass is 270 g/mol. The third-order valence-electron chi connectivity index (χ3n) is 3.32. The van der Waals surface area contributed by atoms with Crippen LogP contribution in [0.25, 0.3) is 0 Å². The molecule has 20 heavy (non-hydrogen) atoms. The summed E-state index contributed by atoms with van der Waals surface area (Å²) in [6.07, 6.45) is 0. The predicted molar refractivity (Wildman–Crippen MR) is 78.4 cm³/mol. The second kappa shape index (κ2) is 5.78. The van der Waals surface area contributed by atoms with Gasteiger partial charge in [0.2, 0.25) is 0 Å². The van der Waals surface area contributed by atoms with Crippen LogP contribution in [-0.2, 0) is 6.61 Å². The van der Waals surface area contributed by atoms with Crippen molar-refractivity contribution in [2.45, 2.75) is 27.4 Å². The summed E-state index contributed by atoms with van der Waals surface area (Å²) in [5.74, 6) is -0.326. The molecule has 2 aromatic rings. The number of hydrogen-bond donors (Lipinski definition) is 1. The molecule has 0 aliphatic heterocycles. The van der Waals surface area contributed by atoms with Gasteiger partial charge in [0.1, 0.15) is 12.4 Å². The summed E-state index contributed by atoms with van der Waals surface area (Å²) < 4.78 is 5.79. The van der Waals surface area contributed by atoms with Crippen LogP contribution in [0.4, 0.5) is 0 Å². The minimum atomic E-state index is -0.943. The Bertz CT molecular complexity index is 645. The predicted octanol–water partition coefficient (Wildman–Crippen LogP) is 3.89. The van der Waals surface area contributed by atoms with E-state index in [0.717, 1.165) is 11.1 Å². The number of ether oxygens (including phenoxy) is 1. The van der Waals surface area contributed by atoms with E-state index < -0.39 is 5.97 Å².